The van der Waals surface area contributed by atoms with Crippen LogP contribution in [0.5, 0.6) is 5.75 Å². The topological polar surface area (TPSA) is 101 Å². The minimum absolute atomic E-state index is 0.0338. The van der Waals surface area contributed by atoms with Gasteiger partial charge in [-0.2, -0.15) is 0 Å². The molecule has 0 saturated heterocycles. The lowest BCUT2D eigenvalue weighted by molar-refractivity contribution is 0.0935. The molecule has 32 heavy (non-hydrogen) atoms. The Morgan fingerprint density at radius 3 is 2.69 bits per heavy atom. The van der Waals surface area contributed by atoms with Gasteiger partial charge in [-0.1, -0.05) is 6.07 Å². The van der Waals surface area contributed by atoms with Gasteiger partial charge in [0.1, 0.15) is 22.9 Å². The summed E-state index contributed by atoms with van der Waals surface area (Å²) in [4.78, 5) is 38.6. The molecule has 0 bridgehead atoms. The number of aromatic hydroxyl groups is 1. The van der Waals surface area contributed by atoms with Crippen molar-refractivity contribution in [1.82, 2.24) is 14.8 Å². The first-order chi connectivity index (χ1) is 15.2. The molecule has 0 radical (unpaired) electrons. The smallest absolute Gasteiger partial charge is 0.257 e. The number of benzene rings is 1. The molecule has 0 unspecified atom stereocenters. The van der Waals surface area contributed by atoms with Gasteiger partial charge in [0, 0.05) is 51.2 Å². The number of pyridine rings is 1. The Bertz CT molecular complexity index is 1030. The molecule has 1 aromatic carbocycles. The predicted molar refractivity (Wildman–Crippen MR) is 114 cm³/mol. The number of carbonyl (C=O) groups is 2. The van der Waals surface area contributed by atoms with E-state index in [1.54, 1.807) is 7.11 Å². The highest BCUT2D eigenvalue weighted by Gasteiger charge is 2.22. The molecule has 10 heteroatoms. The van der Waals surface area contributed by atoms with Gasteiger partial charge >= 0.3 is 0 Å². The molecule has 1 aromatic heterocycles. The molecule has 1 atom stereocenters. The second-order valence-electron chi connectivity index (χ2n) is 7.43. The number of methoxy groups -OCH3 is 1. The van der Waals surface area contributed by atoms with E-state index >= 15 is 0 Å². The number of rotatable bonds is 11. The zero-order chi connectivity index (χ0) is 23.8. The van der Waals surface area contributed by atoms with Crippen molar-refractivity contribution in [2.75, 3.05) is 33.9 Å². The van der Waals surface area contributed by atoms with Crippen LogP contribution < -0.4 is 10.7 Å². The van der Waals surface area contributed by atoms with Gasteiger partial charge in [0.25, 0.3) is 5.91 Å². The molecule has 0 saturated carbocycles. The quantitative estimate of drug-likeness (QED) is 0.401. The van der Waals surface area contributed by atoms with E-state index in [1.807, 2.05) is 11.9 Å². The minimum Gasteiger partial charge on any atom is -0.503 e. The summed E-state index contributed by atoms with van der Waals surface area (Å²) >= 11 is 0. The van der Waals surface area contributed by atoms with Gasteiger partial charge in [-0.25, -0.2) is 8.78 Å². The first kappa shape index (κ1) is 25.2. The normalized spacial score (nSPS) is 12.1. The molecule has 174 valence electrons. The molecule has 8 nitrogen and oxygen atoms in total. The van der Waals surface area contributed by atoms with Crippen molar-refractivity contribution in [3.05, 3.63) is 63.1 Å². The fourth-order valence-electron chi connectivity index (χ4n) is 3.21. The number of amides is 1. The van der Waals surface area contributed by atoms with E-state index in [2.05, 4.69) is 5.32 Å². The molecule has 0 aliphatic heterocycles. The fraction of sp³-hybridized carbons (Fsp3) is 0.409. The minimum atomic E-state index is -1.01. The lowest BCUT2D eigenvalue weighted by atomic mass is 10.1. The molecule has 2 N–H and O–H groups in total. The fourth-order valence-corrected chi connectivity index (χ4v) is 3.21. The van der Waals surface area contributed by atoms with E-state index in [0.717, 1.165) is 19.0 Å². The average Bonchev–Trinajstić information content (AvgIpc) is 2.74. The number of hydrogen-bond acceptors (Lipinski definition) is 6. The molecule has 1 heterocycles. The number of aromatic nitrogens is 1. The van der Waals surface area contributed by atoms with Gasteiger partial charge in [-0.3, -0.25) is 14.4 Å². The number of halogens is 2. The van der Waals surface area contributed by atoms with Gasteiger partial charge in [0.2, 0.25) is 5.43 Å². The van der Waals surface area contributed by atoms with Crippen LogP contribution in [-0.2, 0) is 11.3 Å². The first-order valence-electron chi connectivity index (χ1n) is 10.0. The summed E-state index contributed by atoms with van der Waals surface area (Å²) in [5.41, 5.74) is -1.62. The zero-order valence-electron chi connectivity index (χ0n) is 18.2. The van der Waals surface area contributed by atoms with Crippen LogP contribution in [0.25, 0.3) is 0 Å². The zero-order valence-corrected chi connectivity index (χ0v) is 18.2. The average molecular weight is 451 g/mol. The van der Waals surface area contributed by atoms with Crippen molar-refractivity contribution in [1.29, 1.82) is 0 Å². The van der Waals surface area contributed by atoms with Crippen molar-refractivity contribution in [2.45, 2.75) is 25.9 Å². The van der Waals surface area contributed by atoms with E-state index in [9.17, 15) is 28.3 Å². The number of ether oxygens (including phenoxy) is 1. The summed E-state index contributed by atoms with van der Waals surface area (Å²) in [6.45, 7) is 3.50. The van der Waals surface area contributed by atoms with Crippen LogP contribution in [0.1, 0.15) is 45.8 Å². The lowest BCUT2D eigenvalue weighted by Gasteiger charge is -2.20. The Morgan fingerprint density at radius 2 is 2.06 bits per heavy atom. The Hall–Kier alpha value is -3.11. The number of aldehydes is 1. The molecule has 0 aliphatic carbocycles. The Balaban J connectivity index is 2.24. The van der Waals surface area contributed by atoms with Crippen LogP contribution in [0.3, 0.4) is 0 Å². The maximum absolute atomic E-state index is 14.0. The van der Waals surface area contributed by atoms with Crippen LogP contribution in [0.2, 0.25) is 0 Å². The van der Waals surface area contributed by atoms with Crippen LogP contribution in [0.15, 0.2) is 29.2 Å². The van der Waals surface area contributed by atoms with Crippen LogP contribution >= 0.6 is 0 Å². The Labute approximate surface area is 184 Å². The third-order valence-electron chi connectivity index (χ3n) is 5.04. The number of nitrogens with one attached hydrogen (secondary N) is 1. The highest BCUT2D eigenvalue weighted by molar-refractivity contribution is 5.95. The van der Waals surface area contributed by atoms with Crippen molar-refractivity contribution >= 4 is 12.2 Å². The Morgan fingerprint density at radius 1 is 1.34 bits per heavy atom. The summed E-state index contributed by atoms with van der Waals surface area (Å²) in [6.07, 6.45) is 2.34. The van der Waals surface area contributed by atoms with Gasteiger partial charge in [0.15, 0.2) is 12.0 Å². The molecule has 0 aliphatic rings. The SMILES string of the molecule is COCCCN(C)CCn1cc(C(=O)N[C@@H](C)c2ccc(F)cc2F)c(=O)c(O)c1C=O. The third-order valence-corrected chi connectivity index (χ3v) is 5.04. The maximum Gasteiger partial charge on any atom is 0.257 e. The summed E-state index contributed by atoms with van der Waals surface area (Å²) in [5, 5.41) is 12.7. The lowest BCUT2D eigenvalue weighted by Crippen LogP contribution is -2.33. The Kier molecular flexibility index (Phi) is 9.03. The molecular formula is C22H27F2N3O5. The molecule has 1 amide bonds. The molecule has 2 rings (SSSR count). The summed E-state index contributed by atoms with van der Waals surface area (Å²) < 4.78 is 33.5. The van der Waals surface area contributed by atoms with Gasteiger partial charge < -0.3 is 24.6 Å². The second-order valence-corrected chi connectivity index (χ2v) is 7.43. The standard InChI is InChI=1S/C22H27F2N3O5/c1-14(16-6-5-15(23)11-18(16)24)25-22(31)17-12-27(19(13-28)21(30)20(17)29)9-8-26(2)7-4-10-32-3/h5-6,11-14,30H,4,7-10H2,1-3H3,(H,25,31)/t14-/m0/s1. The highest BCUT2D eigenvalue weighted by atomic mass is 19.1. The van der Waals surface area contributed by atoms with E-state index in [4.69, 9.17) is 4.74 Å². The van der Waals surface area contributed by atoms with Crippen LogP contribution in [-0.4, -0.2) is 60.6 Å². The summed E-state index contributed by atoms with van der Waals surface area (Å²) in [6, 6.07) is 2.07. The maximum atomic E-state index is 14.0. The number of hydrogen-bond donors (Lipinski definition) is 2. The van der Waals surface area contributed by atoms with E-state index in [-0.39, 0.29) is 17.8 Å². The summed E-state index contributed by atoms with van der Waals surface area (Å²) in [7, 11) is 3.47. The molecular weight excluding hydrogens is 424 g/mol. The largest absolute Gasteiger partial charge is 0.503 e. The van der Waals surface area contributed by atoms with Crippen molar-refractivity contribution in [3.8, 4) is 5.75 Å². The molecule has 2 aromatic rings. The van der Waals surface area contributed by atoms with Gasteiger partial charge in [-0.05, 0) is 26.5 Å². The third kappa shape index (κ3) is 6.21. The van der Waals surface area contributed by atoms with Crippen molar-refractivity contribution in [2.24, 2.45) is 0 Å². The number of likely N-dealkylation sites (N-methyl/N-ethyl adjacent to an activating group) is 1. The number of nitrogens with zero attached hydrogens (tertiary/aromatic N) is 2. The van der Waals surface area contributed by atoms with E-state index in [1.165, 1.54) is 23.8 Å². The van der Waals surface area contributed by atoms with Crippen molar-refractivity contribution < 1.29 is 28.2 Å². The number of carbonyl (C=O) groups excluding carboxylic acids is 2. The first-order valence-corrected chi connectivity index (χ1v) is 10.0. The summed E-state index contributed by atoms with van der Waals surface area (Å²) in [5.74, 6) is -3.29. The van der Waals surface area contributed by atoms with Gasteiger partial charge in [0.05, 0.1) is 6.04 Å². The molecule has 0 fully saturated rings. The van der Waals surface area contributed by atoms with E-state index in [0.29, 0.717) is 25.5 Å². The highest BCUT2D eigenvalue weighted by Crippen LogP contribution is 2.19. The second kappa shape index (κ2) is 11.5. The monoisotopic (exact) mass is 451 g/mol. The van der Waals surface area contributed by atoms with Gasteiger partial charge in [-0.15, -0.1) is 0 Å². The van der Waals surface area contributed by atoms with Crippen LogP contribution in [0.4, 0.5) is 8.78 Å². The molecule has 0 spiro atoms. The van der Waals surface area contributed by atoms with Crippen molar-refractivity contribution in [3.63, 3.8) is 0 Å². The van der Waals surface area contributed by atoms with Crippen LogP contribution in [0, 0.1) is 11.6 Å². The van der Waals surface area contributed by atoms with E-state index < -0.39 is 40.3 Å². The predicted octanol–water partition coefficient (Wildman–Crippen LogP) is 2.10.